The Kier molecular flexibility index (Phi) is 7.91. The van der Waals surface area contributed by atoms with Gasteiger partial charge in [-0.25, -0.2) is 4.79 Å². The van der Waals surface area contributed by atoms with E-state index in [4.69, 9.17) is 25.8 Å². The van der Waals surface area contributed by atoms with E-state index >= 15 is 0 Å². The van der Waals surface area contributed by atoms with Crippen LogP contribution >= 0.6 is 11.6 Å². The number of halogens is 1. The molecule has 0 aliphatic rings. The number of benzene rings is 2. The molecule has 0 atom stereocenters. The average Bonchev–Trinajstić information content (AvgIpc) is 2.70. The second kappa shape index (κ2) is 10.4. The molecule has 0 saturated carbocycles. The Hall–Kier alpha value is -3.19. The molecule has 0 aliphatic heterocycles. The summed E-state index contributed by atoms with van der Waals surface area (Å²) in [5.74, 6) is -0.246. The van der Waals surface area contributed by atoms with Crippen molar-refractivity contribution in [3.8, 4) is 11.5 Å². The van der Waals surface area contributed by atoms with E-state index in [1.54, 1.807) is 24.3 Å². The zero-order valence-electron chi connectivity index (χ0n) is 16.7. The van der Waals surface area contributed by atoms with Crippen molar-refractivity contribution in [1.82, 2.24) is 0 Å². The number of esters is 1. The van der Waals surface area contributed by atoms with Gasteiger partial charge in [0.2, 0.25) is 0 Å². The van der Waals surface area contributed by atoms with Crippen LogP contribution in [0.2, 0.25) is 5.02 Å². The monoisotopic (exact) mass is 418 g/mol. The van der Waals surface area contributed by atoms with Crippen molar-refractivity contribution in [2.24, 2.45) is 0 Å². The molecule has 2 aromatic rings. The predicted molar refractivity (Wildman–Crippen MR) is 114 cm³/mol. The van der Waals surface area contributed by atoms with Crippen molar-refractivity contribution in [2.45, 2.75) is 0 Å². The standard InChI is InChI=1S/C21H23ClN2O5/c1-24(2)16-8-6-15(7-9-16)23-19(25)13-29-20(26)10-5-14-11-17(22)21(28-4)18(12-14)27-3/h5-12H,13H2,1-4H3,(H,23,25)/b10-5+. The minimum atomic E-state index is -0.658. The highest BCUT2D eigenvalue weighted by Crippen LogP contribution is 2.36. The van der Waals surface area contributed by atoms with Gasteiger partial charge in [-0.15, -0.1) is 0 Å². The Morgan fingerprint density at radius 3 is 2.38 bits per heavy atom. The first-order valence-electron chi connectivity index (χ1n) is 8.67. The number of hydrogen-bond donors (Lipinski definition) is 1. The number of methoxy groups -OCH3 is 2. The van der Waals surface area contributed by atoms with Crippen molar-refractivity contribution in [3.05, 3.63) is 53.1 Å². The van der Waals surface area contributed by atoms with Crippen LogP contribution in [0.15, 0.2) is 42.5 Å². The summed E-state index contributed by atoms with van der Waals surface area (Å²) in [6.07, 6.45) is 2.71. The summed E-state index contributed by atoms with van der Waals surface area (Å²) in [5.41, 5.74) is 2.25. The molecule has 0 heterocycles. The van der Waals surface area contributed by atoms with Gasteiger partial charge >= 0.3 is 5.97 Å². The zero-order valence-corrected chi connectivity index (χ0v) is 17.4. The first-order chi connectivity index (χ1) is 13.8. The van der Waals surface area contributed by atoms with E-state index in [-0.39, 0.29) is 0 Å². The van der Waals surface area contributed by atoms with E-state index in [0.29, 0.717) is 27.8 Å². The van der Waals surface area contributed by atoms with Crippen molar-refractivity contribution in [3.63, 3.8) is 0 Å². The summed E-state index contributed by atoms with van der Waals surface area (Å²) in [6.45, 7) is -0.398. The lowest BCUT2D eigenvalue weighted by Gasteiger charge is -2.13. The molecular formula is C21H23ClN2O5. The van der Waals surface area contributed by atoms with Gasteiger partial charge in [0.15, 0.2) is 18.1 Å². The molecule has 29 heavy (non-hydrogen) atoms. The fourth-order valence-corrected chi connectivity index (χ4v) is 2.72. The first-order valence-corrected chi connectivity index (χ1v) is 9.05. The number of ether oxygens (including phenoxy) is 3. The van der Waals surface area contributed by atoms with Gasteiger partial charge in [-0.05, 0) is 48.0 Å². The van der Waals surface area contributed by atoms with E-state index in [9.17, 15) is 9.59 Å². The van der Waals surface area contributed by atoms with Crippen LogP contribution in [0.5, 0.6) is 11.5 Å². The zero-order chi connectivity index (χ0) is 21.4. The lowest BCUT2D eigenvalue weighted by molar-refractivity contribution is -0.142. The van der Waals surface area contributed by atoms with Crippen LogP contribution in [0, 0.1) is 0 Å². The number of hydrogen-bond acceptors (Lipinski definition) is 6. The molecule has 8 heteroatoms. The SMILES string of the molecule is COc1cc(/C=C/C(=O)OCC(=O)Nc2ccc(N(C)C)cc2)cc(Cl)c1OC. The molecule has 1 N–H and O–H groups in total. The van der Waals surface area contributed by atoms with E-state index in [0.717, 1.165) is 5.69 Å². The van der Waals surface area contributed by atoms with Crippen molar-refractivity contribution >= 4 is 40.9 Å². The van der Waals surface area contributed by atoms with Gasteiger partial charge in [0.05, 0.1) is 19.2 Å². The molecular weight excluding hydrogens is 396 g/mol. The maximum atomic E-state index is 11.9. The molecule has 0 saturated heterocycles. The van der Waals surface area contributed by atoms with Gasteiger partial charge < -0.3 is 24.4 Å². The molecule has 0 radical (unpaired) electrons. The van der Waals surface area contributed by atoms with Crippen LogP contribution in [0.3, 0.4) is 0 Å². The highest BCUT2D eigenvalue weighted by molar-refractivity contribution is 6.32. The summed E-state index contributed by atoms with van der Waals surface area (Å²) in [6, 6.07) is 10.6. The third kappa shape index (κ3) is 6.43. The summed E-state index contributed by atoms with van der Waals surface area (Å²) < 4.78 is 15.3. The fourth-order valence-electron chi connectivity index (χ4n) is 2.42. The highest BCUT2D eigenvalue weighted by Gasteiger charge is 2.10. The molecule has 0 aliphatic carbocycles. The van der Waals surface area contributed by atoms with Gasteiger partial charge in [-0.2, -0.15) is 0 Å². The van der Waals surface area contributed by atoms with Crippen LogP contribution in [0.1, 0.15) is 5.56 Å². The number of nitrogens with one attached hydrogen (secondary N) is 1. The normalized spacial score (nSPS) is 10.5. The summed E-state index contributed by atoms with van der Waals surface area (Å²) in [7, 11) is 6.83. The minimum absolute atomic E-state index is 0.347. The summed E-state index contributed by atoms with van der Waals surface area (Å²) in [5, 5.41) is 3.01. The van der Waals surface area contributed by atoms with Gasteiger partial charge in [-0.3, -0.25) is 4.79 Å². The van der Waals surface area contributed by atoms with E-state index in [2.05, 4.69) is 5.32 Å². The van der Waals surface area contributed by atoms with Crippen LogP contribution in [-0.2, 0) is 14.3 Å². The average molecular weight is 419 g/mol. The van der Waals surface area contributed by atoms with E-state index < -0.39 is 18.5 Å². The smallest absolute Gasteiger partial charge is 0.331 e. The number of carbonyl (C=O) groups is 2. The molecule has 0 bridgehead atoms. The number of nitrogens with zero attached hydrogens (tertiary/aromatic N) is 1. The van der Waals surface area contributed by atoms with Crippen molar-refractivity contribution in [1.29, 1.82) is 0 Å². The second-order valence-corrected chi connectivity index (χ2v) is 6.58. The molecule has 0 unspecified atom stereocenters. The Morgan fingerprint density at radius 1 is 1.10 bits per heavy atom. The largest absolute Gasteiger partial charge is 0.493 e. The van der Waals surface area contributed by atoms with Crippen LogP contribution in [-0.4, -0.2) is 46.8 Å². The molecule has 0 fully saturated rings. The molecule has 0 spiro atoms. The Bertz CT molecular complexity index is 895. The Balaban J connectivity index is 1.89. The Morgan fingerprint density at radius 2 is 1.79 bits per heavy atom. The number of carbonyl (C=O) groups excluding carboxylic acids is 2. The highest BCUT2D eigenvalue weighted by atomic mass is 35.5. The Labute approximate surface area is 174 Å². The number of amides is 1. The van der Waals surface area contributed by atoms with Crippen molar-refractivity contribution in [2.75, 3.05) is 45.1 Å². The van der Waals surface area contributed by atoms with Gasteiger partial charge in [0.1, 0.15) is 0 Å². The number of rotatable bonds is 8. The first kappa shape index (κ1) is 22.1. The third-order valence-corrected chi connectivity index (χ3v) is 4.16. The maximum absolute atomic E-state index is 11.9. The molecule has 0 aromatic heterocycles. The van der Waals surface area contributed by atoms with Gasteiger partial charge in [-0.1, -0.05) is 11.6 Å². The number of anilines is 2. The lowest BCUT2D eigenvalue weighted by atomic mass is 10.2. The second-order valence-electron chi connectivity index (χ2n) is 6.17. The van der Waals surface area contributed by atoms with E-state index in [1.807, 2.05) is 31.1 Å². The van der Waals surface area contributed by atoms with E-state index in [1.165, 1.54) is 26.4 Å². The van der Waals surface area contributed by atoms with Crippen LogP contribution in [0.4, 0.5) is 11.4 Å². The summed E-state index contributed by atoms with van der Waals surface area (Å²) in [4.78, 5) is 25.8. The summed E-state index contributed by atoms with van der Waals surface area (Å²) >= 11 is 6.12. The topological polar surface area (TPSA) is 77.1 Å². The fraction of sp³-hybridized carbons (Fsp3) is 0.238. The van der Waals surface area contributed by atoms with Crippen molar-refractivity contribution < 1.29 is 23.8 Å². The van der Waals surface area contributed by atoms with Crippen LogP contribution in [0.25, 0.3) is 6.08 Å². The molecule has 2 aromatic carbocycles. The third-order valence-electron chi connectivity index (χ3n) is 3.88. The molecule has 7 nitrogen and oxygen atoms in total. The minimum Gasteiger partial charge on any atom is -0.493 e. The predicted octanol–water partition coefficient (Wildman–Crippen LogP) is 3.62. The molecule has 1 amide bonds. The molecule has 2 rings (SSSR count). The maximum Gasteiger partial charge on any atom is 0.331 e. The quantitative estimate of drug-likeness (QED) is 0.521. The van der Waals surface area contributed by atoms with Crippen LogP contribution < -0.4 is 19.7 Å². The van der Waals surface area contributed by atoms with Gasteiger partial charge in [0.25, 0.3) is 5.91 Å². The molecule has 154 valence electrons. The lowest BCUT2D eigenvalue weighted by Crippen LogP contribution is -2.20. The van der Waals surface area contributed by atoms with Gasteiger partial charge in [0, 0.05) is 31.5 Å².